The molecule has 1 aliphatic rings. The molecule has 1 heterocycles. The van der Waals surface area contributed by atoms with Gasteiger partial charge in [0.15, 0.2) is 0 Å². The highest BCUT2D eigenvalue weighted by atomic mass is 19.4. The summed E-state index contributed by atoms with van der Waals surface area (Å²) in [6.07, 6.45) is -2.59. The van der Waals surface area contributed by atoms with Gasteiger partial charge in [-0.05, 0) is 23.8 Å². The van der Waals surface area contributed by atoms with Crippen LogP contribution >= 0.6 is 0 Å². The molecule has 2 nitrogen and oxygen atoms in total. The van der Waals surface area contributed by atoms with Crippen LogP contribution < -0.4 is 10.6 Å². The van der Waals surface area contributed by atoms with Crippen molar-refractivity contribution in [2.75, 3.05) is 12.4 Å². The largest absolute Gasteiger partial charge is 0.416 e. The minimum atomic E-state index is -4.37. The Kier molecular flexibility index (Phi) is 3.56. The normalized spacial score (nSPS) is 17.3. The van der Waals surface area contributed by atoms with Crippen molar-refractivity contribution in [1.82, 2.24) is 5.32 Å². The maximum absolute atomic E-state index is 13.2. The maximum atomic E-state index is 13.2. The number of halogens is 3. The quantitative estimate of drug-likeness (QED) is 0.857. The number of anilines is 1. The predicted molar refractivity (Wildman–Crippen MR) is 81.3 cm³/mol. The molecule has 0 bridgehead atoms. The topological polar surface area (TPSA) is 24.1 Å². The van der Waals surface area contributed by atoms with E-state index in [2.05, 4.69) is 10.6 Å². The molecule has 0 saturated heterocycles. The zero-order valence-electron chi connectivity index (χ0n) is 11.9. The molecular formula is C17H15F3N2. The lowest BCUT2D eigenvalue weighted by Crippen LogP contribution is -2.21. The van der Waals surface area contributed by atoms with E-state index in [-0.39, 0.29) is 5.56 Å². The number of para-hydroxylation sites is 1. The molecule has 0 spiro atoms. The smallest absolute Gasteiger partial charge is 0.388 e. The monoisotopic (exact) mass is 304 g/mol. The summed E-state index contributed by atoms with van der Waals surface area (Å²) >= 11 is 0. The van der Waals surface area contributed by atoms with Gasteiger partial charge in [-0.1, -0.05) is 36.4 Å². The highest BCUT2D eigenvalue weighted by molar-refractivity contribution is 5.79. The van der Waals surface area contributed by atoms with Gasteiger partial charge in [0, 0.05) is 24.0 Å². The molecule has 1 aliphatic heterocycles. The summed E-state index contributed by atoms with van der Waals surface area (Å²) < 4.78 is 39.6. The maximum Gasteiger partial charge on any atom is 0.416 e. The van der Waals surface area contributed by atoms with E-state index in [4.69, 9.17) is 0 Å². The molecule has 22 heavy (non-hydrogen) atoms. The average Bonchev–Trinajstić information content (AvgIpc) is 2.53. The van der Waals surface area contributed by atoms with Gasteiger partial charge in [0.1, 0.15) is 0 Å². The Morgan fingerprint density at radius 2 is 1.68 bits per heavy atom. The Labute approximate surface area is 126 Å². The Morgan fingerprint density at radius 3 is 2.41 bits per heavy atom. The van der Waals surface area contributed by atoms with Crippen LogP contribution in [0.5, 0.6) is 0 Å². The molecule has 5 heteroatoms. The van der Waals surface area contributed by atoms with Crippen molar-refractivity contribution in [2.24, 2.45) is 0 Å². The summed E-state index contributed by atoms with van der Waals surface area (Å²) in [5.41, 5.74) is 2.19. The third-order valence-corrected chi connectivity index (χ3v) is 3.73. The molecule has 2 aromatic carbocycles. The summed E-state index contributed by atoms with van der Waals surface area (Å²) in [7, 11) is 1.76. The number of hydrogen-bond acceptors (Lipinski definition) is 2. The van der Waals surface area contributed by atoms with Gasteiger partial charge in [-0.3, -0.25) is 0 Å². The molecule has 1 unspecified atom stereocenters. The van der Waals surface area contributed by atoms with Crippen LogP contribution in [0.3, 0.4) is 0 Å². The minimum Gasteiger partial charge on any atom is -0.388 e. The average molecular weight is 304 g/mol. The Balaban J connectivity index is 2.09. The van der Waals surface area contributed by atoms with Crippen LogP contribution in [0.1, 0.15) is 22.7 Å². The van der Waals surface area contributed by atoms with E-state index in [9.17, 15) is 13.2 Å². The van der Waals surface area contributed by atoms with Crippen molar-refractivity contribution in [2.45, 2.75) is 12.2 Å². The van der Waals surface area contributed by atoms with E-state index >= 15 is 0 Å². The molecule has 1 atom stereocenters. The van der Waals surface area contributed by atoms with Crippen LogP contribution in [-0.2, 0) is 6.18 Å². The van der Waals surface area contributed by atoms with Gasteiger partial charge in [-0.25, -0.2) is 0 Å². The van der Waals surface area contributed by atoms with Gasteiger partial charge >= 0.3 is 6.18 Å². The van der Waals surface area contributed by atoms with Crippen LogP contribution in [0, 0.1) is 0 Å². The molecule has 0 radical (unpaired) electrons. The summed E-state index contributed by atoms with van der Waals surface area (Å²) in [5.74, 6) is 0. The van der Waals surface area contributed by atoms with Crippen molar-refractivity contribution >= 4 is 11.4 Å². The summed E-state index contributed by atoms with van der Waals surface area (Å²) in [6.45, 7) is 0. The number of alkyl halides is 3. The molecule has 0 fully saturated rings. The zero-order chi connectivity index (χ0) is 15.7. The molecular weight excluding hydrogens is 289 g/mol. The lowest BCUT2D eigenvalue weighted by atomic mass is 9.94. The second-order valence-electron chi connectivity index (χ2n) is 5.08. The first-order valence-corrected chi connectivity index (χ1v) is 6.92. The second kappa shape index (κ2) is 5.40. The fourth-order valence-corrected chi connectivity index (χ4v) is 2.72. The van der Waals surface area contributed by atoms with Crippen molar-refractivity contribution in [3.05, 3.63) is 71.3 Å². The van der Waals surface area contributed by atoms with E-state index in [1.54, 1.807) is 19.2 Å². The number of rotatable bonds is 2. The molecule has 114 valence electrons. The summed E-state index contributed by atoms with van der Waals surface area (Å²) in [5, 5.41) is 6.23. The predicted octanol–water partition coefficient (Wildman–Crippen LogP) is 4.43. The van der Waals surface area contributed by atoms with Gasteiger partial charge in [0.25, 0.3) is 0 Å². The van der Waals surface area contributed by atoms with Crippen LogP contribution in [-0.4, -0.2) is 7.05 Å². The standard InChI is InChI=1S/C17H15F3N2/c1-21-15-10-16(22-14-9-5-3-7-12(14)15)11-6-2-4-8-13(11)17(18,19)20/h2-10,16,21-22H,1H3. The third kappa shape index (κ3) is 2.54. The SMILES string of the molecule is CNC1=CC(c2ccccc2C(F)(F)F)Nc2ccccc21. The van der Waals surface area contributed by atoms with Gasteiger partial charge in [-0.2, -0.15) is 13.2 Å². The molecule has 0 aliphatic carbocycles. The van der Waals surface area contributed by atoms with E-state index in [0.717, 1.165) is 23.0 Å². The van der Waals surface area contributed by atoms with Crippen molar-refractivity contribution in [3.8, 4) is 0 Å². The fourth-order valence-electron chi connectivity index (χ4n) is 2.72. The van der Waals surface area contributed by atoms with Crippen molar-refractivity contribution in [3.63, 3.8) is 0 Å². The third-order valence-electron chi connectivity index (χ3n) is 3.73. The summed E-state index contributed by atoms with van der Waals surface area (Å²) in [6, 6.07) is 12.7. The van der Waals surface area contributed by atoms with Gasteiger partial charge in [0.05, 0.1) is 11.6 Å². The van der Waals surface area contributed by atoms with E-state index < -0.39 is 17.8 Å². The van der Waals surface area contributed by atoms with Gasteiger partial charge in [-0.15, -0.1) is 0 Å². The Morgan fingerprint density at radius 1 is 1.00 bits per heavy atom. The summed E-state index contributed by atoms with van der Waals surface area (Å²) in [4.78, 5) is 0. The van der Waals surface area contributed by atoms with Gasteiger partial charge < -0.3 is 10.6 Å². The zero-order valence-corrected chi connectivity index (χ0v) is 11.9. The minimum absolute atomic E-state index is 0.220. The first-order valence-electron chi connectivity index (χ1n) is 6.92. The van der Waals surface area contributed by atoms with E-state index in [1.165, 1.54) is 12.1 Å². The molecule has 3 rings (SSSR count). The van der Waals surface area contributed by atoms with Crippen LogP contribution in [0.15, 0.2) is 54.6 Å². The van der Waals surface area contributed by atoms with Gasteiger partial charge in [0.2, 0.25) is 0 Å². The molecule has 0 amide bonds. The van der Waals surface area contributed by atoms with Crippen LogP contribution in [0.25, 0.3) is 5.70 Å². The fraction of sp³-hybridized carbons (Fsp3) is 0.176. The number of benzene rings is 2. The first-order chi connectivity index (χ1) is 10.5. The molecule has 2 aromatic rings. The number of hydrogen-bond donors (Lipinski definition) is 2. The van der Waals surface area contributed by atoms with Crippen molar-refractivity contribution in [1.29, 1.82) is 0 Å². The highest BCUT2D eigenvalue weighted by Gasteiger charge is 2.35. The molecule has 0 saturated carbocycles. The van der Waals surface area contributed by atoms with Crippen molar-refractivity contribution < 1.29 is 13.2 Å². The highest BCUT2D eigenvalue weighted by Crippen LogP contribution is 2.39. The number of nitrogens with one attached hydrogen (secondary N) is 2. The van der Waals surface area contributed by atoms with E-state index in [0.29, 0.717) is 0 Å². The molecule has 2 N–H and O–H groups in total. The Hall–Kier alpha value is -2.43. The molecule has 0 aromatic heterocycles. The Bertz CT molecular complexity index is 720. The van der Waals surface area contributed by atoms with Crippen LogP contribution in [0.4, 0.5) is 18.9 Å². The lowest BCUT2D eigenvalue weighted by molar-refractivity contribution is -0.138. The van der Waals surface area contributed by atoms with Crippen LogP contribution in [0.2, 0.25) is 0 Å². The second-order valence-corrected chi connectivity index (χ2v) is 5.08. The first kappa shape index (κ1) is 14.5. The number of fused-ring (bicyclic) bond motifs is 1. The lowest BCUT2D eigenvalue weighted by Gasteiger charge is -2.28. The van der Waals surface area contributed by atoms with E-state index in [1.807, 2.05) is 24.3 Å².